The van der Waals surface area contributed by atoms with E-state index >= 15 is 0 Å². The smallest absolute Gasteiger partial charge is 0.275 e. The van der Waals surface area contributed by atoms with Gasteiger partial charge in [0.15, 0.2) is 0 Å². The monoisotopic (exact) mass is 290 g/mol. The molecule has 0 aliphatic rings. The first kappa shape index (κ1) is 15.0. The predicted octanol–water partition coefficient (Wildman–Crippen LogP) is 2.06. The van der Waals surface area contributed by atoms with E-state index in [0.717, 1.165) is 5.56 Å². The van der Waals surface area contributed by atoms with Crippen LogP contribution in [0.4, 0.5) is 5.69 Å². The van der Waals surface area contributed by atoms with Crippen LogP contribution in [-0.2, 0) is 12.1 Å². The Morgan fingerprint density at radius 3 is 2.24 bits per heavy atom. The molecular weight excluding hydrogens is 272 g/mol. The van der Waals surface area contributed by atoms with Crippen molar-refractivity contribution >= 4 is 5.69 Å². The third-order valence-electron chi connectivity index (χ3n) is 3.17. The molecule has 0 saturated carbocycles. The summed E-state index contributed by atoms with van der Waals surface area (Å²) in [7, 11) is 0. The number of nitro groups is 1. The Hall–Kier alpha value is -2.44. The van der Waals surface area contributed by atoms with Crippen molar-refractivity contribution in [2.24, 2.45) is 0 Å². The first-order valence-corrected chi connectivity index (χ1v) is 6.60. The van der Waals surface area contributed by atoms with Gasteiger partial charge in [0.05, 0.1) is 17.0 Å². The minimum absolute atomic E-state index is 0.0354. The van der Waals surface area contributed by atoms with Crippen LogP contribution in [0.2, 0.25) is 0 Å². The van der Waals surface area contributed by atoms with Crippen molar-refractivity contribution in [3.63, 3.8) is 0 Å². The summed E-state index contributed by atoms with van der Waals surface area (Å²) in [4.78, 5) is 22.6. The molecule has 21 heavy (non-hydrogen) atoms. The molecule has 0 N–H and O–H groups in total. The van der Waals surface area contributed by atoms with Gasteiger partial charge in [-0.1, -0.05) is 12.1 Å². The number of aromatic nitrogens is 3. The number of hydrogen-bond acceptors (Lipinski definition) is 4. The fourth-order valence-corrected chi connectivity index (χ4v) is 2.02. The number of hydrogen-bond donors (Lipinski definition) is 0. The van der Waals surface area contributed by atoms with Crippen molar-refractivity contribution < 1.29 is 4.92 Å². The van der Waals surface area contributed by atoms with Crippen LogP contribution < -0.4 is 5.69 Å². The van der Waals surface area contributed by atoms with E-state index < -0.39 is 4.92 Å². The van der Waals surface area contributed by atoms with Gasteiger partial charge < -0.3 is 0 Å². The van der Waals surface area contributed by atoms with Gasteiger partial charge >= 0.3 is 5.69 Å². The molecule has 0 aliphatic carbocycles. The number of aryl methyl sites for hydroxylation is 1. The highest BCUT2D eigenvalue weighted by molar-refractivity contribution is 5.33. The summed E-state index contributed by atoms with van der Waals surface area (Å²) in [5.74, 6) is 0.619. The molecular formula is C14H18N4O3. The van der Waals surface area contributed by atoms with Gasteiger partial charge in [0.1, 0.15) is 5.82 Å². The highest BCUT2D eigenvalue weighted by Gasteiger charge is 2.20. The molecule has 0 radical (unpaired) electrons. The molecule has 0 bridgehead atoms. The zero-order valence-corrected chi connectivity index (χ0v) is 12.5. The number of rotatable bonds is 3. The molecule has 1 heterocycles. The van der Waals surface area contributed by atoms with Gasteiger partial charge in [-0.25, -0.2) is 9.48 Å². The summed E-state index contributed by atoms with van der Waals surface area (Å²) < 4.78 is 3.01. The Labute approximate surface area is 122 Å². The lowest BCUT2D eigenvalue weighted by molar-refractivity contribution is -0.384. The molecule has 2 rings (SSSR count). The molecule has 112 valence electrons. The van der Waals surface area contributed by atoms with E-state index in [1.54, 1.807) is 23.6 Å². The van der Waals surface area contributed by atoms with Crippen molar-refractivity contribution in [1.29, 1.82) is 0 Å². The van der Waals surface area contributed by atoms with Gasteiger partial charge in [0.25, 0.3) is 5.69 Å². The van der Waals surface area contributed by atoms with Crippen molar-refractivity contribution in [1.82, 2.24) is 14.3 Å². The van der Waals surface area contributed by atoms with Crippen LogP contribution in [0.1, 0.15) is 32.2 Å². The van der Waals surface area contributed by atoms with E-state index in [-0.39, 0.29) is 16.9 Å². The molecule has 0 aliphatic heterocycles. The van der Waals surface area contributed by atoms with E-state index in [9.17, 15) is 14.9 Å². The lowest BCUT2D eigenvalue weighted by atomic mass is 10.1. The maximum Gasteiger partial charge on any atom is 0.346 e. The Morgan fingerprint density at radius 2 is 1.81 bits per heavy atom. The van der Waals surface area contributed by atoms with Crippen molar-refractivity contribution in [3.8, 4) is 0 Å². The first-order valence-electron chi connectivity index (χ1n) is 6.60. The second-order valence-electron chi connectivity index (χ2n) is 5.92. The normalized spacial score (nSPS) is 11.6. The van der Waals surface area contributed by atoms with E-state index in [0.29, 0.717) is 12.4 Å². The van der Waals surface area contributed by atoms with E-state index in [2.05, 4.69) is 5.10 Å². The maximum atomic E-state index is 12.4. The number of non-ortho nitro benzene ring substituents is 1. The minimum atomic E-state index is -0.446. The molecule has 0 unspecified atom stereocenters. The second-order valence-corrected chi connectivity index (χ2v) is 5.92. The molecule has 1 aromatic carbocycles. The van der Waals surface area contributed by atoms with Gasteiger partial charge in [-0.3, -0.25) is 14.7 Å². The maximum absolute atomic E-state index is 12.4. The van der Waals surface area contributed by atoms with Crippen molar-refractivity contribution in [2.75, 3.05) is 0 Å². The number of nitro benzene ring substituents is 1. The van der Waals surface area contributed by atoms with Crippen LogP contribution in [0.15, 0.2) is 29.1 Å². The summed E-state index contributed by atoms with van der Waals surface area (Å²) in [6, 6.07) is 6.17. The summed E-state index contributed by atoms with van der Waals surface area (Å²) in [5.41, 5.74) is 0.286. The van der Waals surface area contributed by atoms with Crippen LogP contribution in [-0.4, -0.2) is 19.3 Å². The van der Waals surface area contributed by atoms with Gasteiger partial charge in [0, 0.05) is 12.1 Å². The molecule has 0 amide bonds. The molecule has 2 aromatic rings. The van der Waals surface area contributed by atoms with E-state index in [1.807, 2.05) is 20.8 Å². The molecule has 0 fully saturated rings. The van der Waals surface area contributed by atoms with Crippen molar-refractivity contribution in [3.05, 3.63) is 56.3 Å². The van der Waals surface area contributed by atoms with Crippen LogP contribution >= 0.6 is 0 Å². The summed E-state index contributed by atoms with van der Waals surface area (Å²) in [5, 5.41) is 14.9. The Balaban J connectivity index is 2.34. The topological polar surface area (TPSA) is 83.0 Å². The average molecular weight is 290 g/mol. The van der Waals surface area contributed by atoms with E-state index in [4.69, 9.17) is 0 Å². The lowest BCUT2D eigenvalue weighted by Gasteiger charge is -2.16. The highest BCUT2D eigenvalue weighted by Crippen LogP contribution is 2.14. The molecule has 7 nitrogen and oxygen atoms in total. The number of nitrogens with zero attached hydrogens (tertiary/aromatic N) is 4. The minimum Gasteiger partial charge on any atom is -0.275 e. The van der Waals surface area contributed by atoms with Crippen LogP contribution in [0, 0.1) is 17.0 Å². The first-order chi connectivity index (χ1) is 9.70. The van der Waals surface area contributed by atoms with Crippen molar-refractivity contribution in [2.45, 2.75) is 39.8 Å². The average Bonchev–Trinajstić information content (AvgIpc) is 2.67. The van der Waals surface area contributed by atoms with Crippen LogP contribution in [0.25, 0.3) is 0 Å². The van der Waals surface area contributed by atoms with Gasteiger partial charge in [0.2, 0.25) is 0 Å². The molecule has 0 saturated heterocycles. The SMILES string of the molecule is Cc1nn(C(C)(C)C)c(=O)n1Cc1ccc([N+](=O)[O-])cc1. The quantitative estimate of drug-likeness (QED) is 0.640. The molecule has 1 aromatic heterocycles. The third kappa shape index (κ3) is 3.01. The predicted molar refractivity (Wildman–Crippen MR) is 78.4 cm³/mol. The van der Waals surface area contributed by atoms with Gasteiger partial charge in [-0.05, 0) is 33.3 Å². The fraction of sp³-hybridized carbons (Fsp3) is 0.429. The summed E-state index contributed by atoms with van der Waals surface area (Å²) in [6.07, 6.45) is 0. The third-order valence-corrected chi connectivity index (χ3v) is 3.17. The van der Waals surface area contributed by atoms with Crippen LogP contribution in [0.5, 0.6) is 0 Å². The van der Waals surface area contributed by atoms with Gasteiger partial charge in [-0.2, -0.15) is 5.10 Å². The van der Waals surface area contributed by atoms with Gasteiger partial charge in [-0.15, -0.1) is 0 Å². The highest BCUT2D eigenvalue weighted by atomic mass is 16.6. The molecule has 0 atom stereocenters. The Kier molecular flexibility index (Phi) is 3.67. The Bertz CT molecular complexity index is 720. The zero-order chi connectivity index (χ0) is 15.8. The molecule has 0 spiro atoms. The fourth-order valence-electron chi connectivity index (χ4n) is 2.02. The summed E-state index contributed by atoms with van der Waals surface area (Å²) >= 11 is 0. The van der Waals surface area contributed by atoms with Crippen LogP contribution in [0.3, 0.4) is 0 Å². The standard InChI is InChI=1S/C14H18N4O3/c1-10-15-17(14(2,3)4)13(19)16(10)9-11-5-7-12(8-6-11)18(20)21/h5-8H,9H2,1-4H3. The molecule has 7 heteroatoms. The lowest BCUT2D eigenvalue weighted by Crippen LogP contribution is -2.35. The summed E-state index contributed by atoms with van der Waals surface area (Å²) in [6.45, 7) is 7.86. The largest absolute Gasteiger partial charge is 0.346 e. The zero-order valence-electron chi connectivity index (χ0n) is 12.5. The Morgan fingerprint density at radius 1 is 1.24 bits per heavy atom. The second kappa shape index (κ2) is 5.16. The number of benzene rings is 1. The van der Waals surface area contributed by atoms with E-state index in [1.165, 1.54) is 16.8 Å².